The lowest BCUT2D eigenvalue weighted by Gasteiger charge is -2.13. The minimum absolute atomic E-state index is 0.0729. The number of nitrogens with one attached hydrogen (secondary N) is 1. The summed E-state index contributed by atoms with van der Waals surface area (Å²) in [6, 6.07) is 14.5. The molecule has 3 aromatic carbocycles. The molecule has 1 N–H and O–H groups in total. The van der Waals surface area contributed by atoms with Crippen LogP contribution in [0.1, 0.15) is 10.4 Å². The largest absolute Gasteiger partial charge is 0.493 e. The summed E-state index contributed by atoms with van der Waals surface area (Å²) >= 11 is 6.05. The van der Waals surface area contributed by atoms with Crippen molar-refractivity contribution in [1.82, 2.24) is 0 Å². The Labute approximate surface area is 187 Å². The fourth-order valence-corrected chi connectivity index (χ4v) is 3.46. The van der Waals surface area contributed by atoms with Crippen molar-refractivity contribution < 1.29 is 23.1 Å². The van der Waals surface area contributed by atoms with Gasteiger partial charge in [-0.1, -0.05) is 23.7 Å². The summed E-state index contributed by atoms with van der Waals surface area (Å²) in [6.07, 6.45) is 0. The molecule has 1 heterocycles. The van der Waals surface area contributed by atoms with E-state index in [0.717, 1.165) is 0 Å². The molecule has 0 aliphatic carbocycles. The van der Waals surface area contributed by atoms with E-state index in [1.54, 1.807) is 24.3 Å². The number of anilines is 1. The fraction of sp³-hybridized carbons (Fsp3) is 0.0833. The summed E-state index contributed by atoms with van der Waals surface area (Å²) in [5.74, 6) is -0.237. The van der Waals surface area contributed by atoms with Gasteiger partial charge >= 0.3 is 0 Å². The molecule has 1 amide bonds. The van der Waals surface area contributed by atoms with Crippen LogP contribution in [0.3, 0.4) is 0 Å². The van der Waals surface area contributed by atoms with Crippen LogP contribution in [0.5, 0.6) is 11.5 Å². The number of halogens is 2. The average molecular weight is 454 g/mol. The van der Waals surface area contributed by atoms with E-state index in [1.807, 2.05) is 0 Å². The molecule has 0 spiro atoms. The summed E-state index contributed by atoms with van der Waals surface area (Å²) in [5, 5.41) is 3.24. The zero-order valence-corrected chi connectivity index (χ0v) is 17.8. The van der Waals surface area contributed by atoms with Gasteiger partial charge in [0.25, 0.3) is 5.91 Å². The van der Waals surface area contributed by atoms with E-state index in [-0.39, 0.29) is 28.0 Å². The van der Waals surface area contributed by atoms with Gasteiger partial charge in [-0.15, -0.1) is 0 Å². The van der Waals surface area contributed by atoms with Crippen molar-refractivity contribution in [2.45, 2.75) is 0 Å². The molecule has 0 aliphatic rings. The van der Waals surface area contributed by atoms with Crippen LogP contribution < -0.4 is 20.2 Å². The van der Waals surface area contributed by atoms with Crippen LogP contribution >= 0.6 is 11.6 Å². The minimum Gasteiger partial charge on any atom is -0.493 e. The van der Waals surface area contributed by atoms with E-state index < -0.39 is 17.2 Å². The van der Waals surface area contributed by atoms with Crippen LogP contribution in [0.25, 0.3) is 22.1 Å². The molecule has 6 nitrogen and oxygen atoms in total. The van der Waals surface area contributed by atoms with Crippen molar-refractivity contribution in [3.63, 3.8) is 0 Å². The number of carbonyl (C=O) groups is 1. The first-order chi connectivity index (χ1) is 15.4. The number of ether oxygens (including phenoxy) is 2. The second kappa shape index (κ2) is 8.72. The molecule has 8 heteroatoms. The number of hydrogen-bond acceptors (Lipinski definition) is 5. The first-order valence-corrected chi connectivity index (χ1v) is 9.84. The summed E-state index contributed by atoms with van der Waals surface area (Å²) < 4.78 is 29.8. The Morgan fingerprint density at radius 1 is 0.969 bits per heavy atom. The molecule has 4 aromatic rings. The molecule has 0 radical (unpaired) electrons. The van der Waals surface area contributed by atoms with Crippen LogP contribution in [-0.4, -0.2) is 20.1 Å². The van der Waals surface area contributed by atoms with Gasteiger partial charge in [-0.25, -0.2) is 4.39 Å². The van der Waals surface area contributed by atoms with Gasteiger partial charge in [-0.3, -0.25) is 14.9 Å². The normalized spacial score (nSPS) is 10.8. The Morgan fingerprint density at radius 3 is 2.38 bits per heavy atom. The maximum Gasteiger partial charge on any atom is 0.258 e. The first-order valence-electron chi connectivity index (χ1n) is 9.47. The molecular formula is C24H17ClFNO5. The van der Waals surface area contributed by atoms with E-state index in [0.29, 0.717) is 22.1 Å². The average Bonchev–Trinajstić information content (AvgIpc) is 2.80. The third-order valence-electron chi connectivity index (χ3n) is 4.86. The van der Waals surface area contributed by atoms with Gasteiger partial charge in [-0.05, 0) is 54.1 Å². The molecule has 0 unspecified atom stereocenters. The lowest BCUT2D eigenvalue weighted by atomic mass is 10.0. The summed E-state index contributed by atoms with van der Waals surface area (Å²) in [6.45, 7) is 0. The number of methoxy groups -OCH3 is 2. The van der Waals surface area contributed by atoms with Crippen molar-refractivity contribution in [2.75, 3.05) is 19.5 Å². The predicted octanol–water partition coefficient (Wildman–Crippen LogP) is 5.52. The number of fused-ring (bicyclic) bond motifs is 1. The first kappa shape index (κ1) is 21.4. The van der Waals surface area contributed by atoms with E-state index in [2.05, 4.69) is 5.32 Å². The predicted molar refractivity (Wildman–Crippen MR) is 120 cm³/mol. The maximum atomic E-state index is 13.5. The molecule has 0 aliphatic heterocycles. The Kier molecular flexibility index (Phi) is 5.83. The SMILES string of the molecule is COc1ccc(C(=O)Nc2oc3ccc(Cl)cc3c(=O)c2-c2ccc(F)cc2)cc1OC. The number of amides is 1. The number of carbonyl (C=O) groups excluding carboxylic acids is 1. The monoisotopic (exact) mass is 453 g/mol. The van der Waals surface area contributed by atoms with Crippen LogP contribution in [0.4, 0.5) is 10.3 Å². The molecule has 32 heavy (non-hydrogen) atoms. The van der Waals surface area contributed by atoms with Crippen molar-refractivity contribution in [3.8, 4) is 22.6 Å². The second-order valence-corrected chi connectivity index (χ2v) is 7.24. The van der Waals surface area contributed by atoms with E-state index in [9.17, 15) is 14.0 Å². The summed E-state index contributed by atoms with van der Waals surface area (Å²) in [5.41, 5.74) is 0.542. The highest BCUT2D eigenvalue weighted by Crippen LogP contribution is 2.32. The molecule has 0 saturated carbocycles. The van der Waals surface area contributed by atoms with Crippen molar-refractivity contribution in [3.05, 3.63) is 87.3 Å². The van der Waals surface area contributed by atoms with Gasteiger partial charge < -0.3 is 13.9 Å². The number of hydrogen-bond donors (Lipinski definition) is 1. The summed E-state index contributed by atoms with van der Waals surface area (Å²) in [4.78, 5) is 26.3. The van der Waals surface area contributed by atoms with Crippen LogP contribution in [0.2, 0.25) is 5.02 Å². The highest BCUT2D eigenvalue weighted by atomic mass is 35.5. The van der Waals surface area contributed by atoms with Gasteiger partial charge in [0.2, 0.25) is 11.3 Å². The molecule has 162 valence electrons. The highest BCUT2D eigenvalue weighted by molar-refractivity contribution is 6.31. The van der Waals surface area contributed by atoms with Crippen molar-refractivity contribution in [2.24, 2.45) is 0 Å². The van der Waals surface area contributed by atoms with Crippen LogP contribution in [0, 0.1) is 5.82 Å². The van der Waals surface area contributed by atoms with Gasteiger partial charge in [0, 0.05) is 10.6 Å². The van der Waals surface area contributed by atoms with Crippen molar-refractivity contribution in [1.29, 1.82) is 0 Å². The third kappa shape index (κ3) is 4.02. The topological polar surface area (TPSA) is 77.8 Å². The Morgan fingerprint density at radius 2 is 1.69 bits per heavy atom. The number of benzene rings is 3. The zero-order chi connectivity index (χ0) is 22.8. The zero-order valence-electron chi connectivity index (χ0n) is 17.1. The Hall–Kier alpha value is -3.84. The summed E-state index contributed by atoms with van der Waals surface area (Å²) in [7, 11) is 2.95. The lowest BCUT2D eigenvalue weighted by molar-refractivity contribution is 0.102. The quantitative estimate of drug-likeness (QED) is 0.430. The number of rotatable bonds is 5. The Balaban J connectivity index is 1.85. The Bertz CT molecular complexity index is 1380. The third-order valence-corrected chi connectivity index (χ3v) is 5.09. The van der Waals surface area contributed by atoms with E-state index in [4.69, 9.17) is 25.5 Å². The van der Waals surface area contributed by atoms with Gasteiger partial charge in [0.15, 0.2) is 11.5 Å². The second-order valence-electron chi connectivity index (χ2n) is 6.81. The molecule has 0 bridgehead atoms. The lowest BCUT2D eigenvalue weighted by Crippen LogP contribution is -2.16. The van der Waals surface area contributed by atoms with E-state index in [1.165, 1.54) is 50.6 Å². The molecule has 0 saturated heterocycles. The van der Waals surface area contributed by atoms with Crippen LogP contribution in [-0.2, 0) is 0 Å². The molecule has 4 rings (SSSR count). The molecule has 0 atom stereocenters. The van der Waals surface area contributed by atoms with Gasteiger partial charge in [-0.2, -0.15) is 0 Å². The smallest absolute Gasteiger partial charge is 0.258 e. The van der Waals surface area contributed by atoms with E-state index >= 15 is 0 Å². The molecule has 1 aromatic heterocycles. The standard InChI is InChI=1S/C24H17ClFNO5/c1-30-19-9-5-14(11-20(19)31-2)23(29)27-24-21(13-3-7-16(26)8-4-13)22(28)17-12-15(25)6-10-18(17)32-24/h3-12H,1-2H3,(H,27,29). The molecular weight excluding hydrogens is 437 g/mol. The van der Waals surface area contributed by atoms with Gasteiger partial charge in [0.1, 0.15) is 11.4 Å². The maximum absolute atomic E-state index is 13.5. The minimum atomic E-state index is -0.536. The van der Waals surface area contributed by atoms with Gasteiger partial charge in [0.05, 0.1) is 25.2 Å². The van der Waals surface area contributed by atoms with Crippen LogP contribution in [0.15, 0.2) is 69.9 Å². The van der Waals surface area contributed by atoms with Crippen molar-refractivity contribution >= 4 is 34.4 Å². The highest BCUT2D eigenvalue weighted by Gasteiger charge is 2.20. The molecule has 0 fully saturated rings. The fourth-order valence-electron chi connectivity index (χ4n) is 3.29.